The summed E-state index contributed by atoms with van der Waals surface area (Å²) in [6, 6.07) is 0. The van der Waals surface area contributed by atoms with Gasteiger partial charge < -0.3 is 4.89 Å². The average molecular weight is 673 g/mol. The molecule has 110 valence electrons. The molecule has 0 heterocycles. The maximum atomic E-state index is 9.45. The number of allylic oxidation sites excluding steroid dienone is 4. The molecule has 0 aliphatic heterocycles. The second kappa shape index (κ2) is 17.0. The van der Waals surface area contributed by atoms with Crippen molar-refractivity contribution in [2.75, 3.05) is 12.3 Å². The van der Waals surface area contributed by atoms with Crippen LogP contribution in [-0.2, 0) is 10.5 Å². The van der Waals surface area contributed by atoms with E-state index in [4.69, 9.17) is 0 Å². The molecule has 0 bridgehead atoms. The van der Waals surface area contributed by atoms with Crippen LogP contribution in [0.3, 0.4) is 0 Å². The SMILES string of the molecule is CC(C)CP(O)CC(C)C.[C-]1=CC=CC1.[I][Ir+][I]. The van der Waals surface area contributed by atoms with E-state index in [1.807, 2.05) is 12.2 Å². The van der Waals surface area contributed by atoms with Crippen molar-refractivity contribution >= 4 is 47.3 Å². The first-order chi connectivity index (χ1) is 8.43. The summed E-state index contributed by atoms with van der Waals surface area (Å²) in [5, 5.41) is 0. The van der Waals surface area contributed by atoms with Crippen LogP contribution in [0, 0.1) is 17.9 Å². The molecule has 0 aromatic heterocycles. The molecule has 0 spiro atoms. The van der Waals surface area contributed by atoms with Crippen molar-refractivity contribution in [2.45, 2.75) is 34.1 Å². The van der Waals surface area contributed by atoms with E-state index in [-0.39, 0.29) is 0 Å². The first kappa shape index (κ1) is 22.3. The van der Waals surface area contributed by atoms with E-state index in [1.165, 1.54) is 0 Å². The second-order valence-electron chi connectivity index (χ2n) is 4.71. The molecule has 0 saturated heterocycles. The average Bonchev–Trinajstić information content (AvgIpc) is 2.72. The molecule has 0 saturated carbocycles. The Bertz CT molecular complexity index is 201. The van der Waals surface area contributed by atoms with Crippen LogP contribution in [0.5, 0.6) is 0 Å². The molecule has 1 aliphatic rings. The zero-order valence-corrected chi connectivity index (χ0v) is 19.1. The molecule has 5 heteroatoms. The third kappa shape index (κ3) is 23.1. The summed E-state index contributed by atoms with van der Waals surface area (Å²) in [5.41, 5.74) is 0. The fourth-order valence-corrected chi connectivity index (χ4v) is 3.09. The monoisotopic (exact) mass is 674 g/mol. The first-order valence-corrected chi connectivity index (χ1v) is 21.2. The predicted molar refractivity (Wildman–Crippen MR) is 98.2 cm³/mol. The van der Waals surface area contributed by atoms with Crippen LogP contribution in [-0.4, -0.2) is 17.2 Å². The van der Waals surface area contributed by atoms with E-state index in [0.717, 1.165) is 18.7 Å². The van der Waals surface area contributed by atoms with Crippen molar-refractivity contribution in [1.82, 2.24) is 0 Å². The molecule has 0 unspecified atom stereocenters. The van der Waals surface area contributed by atoms with Crippen LogP contribution in [0.2, 0.25) is 0 Å². The molecule has 1 N–H and O–H groups in total. The van der Waals surface area contributed by atoms with Crippen molar-refractivity contribution in [1.29, 1.82) is 0 Å². The standard InChI is InChI=1S/C8H19OP.C5H5.2HI.Ir/c1-7(2)5-10(9)6-8(3)4;1-2-4-5-3-1;;;/h7-9H,5-6H2,1-4H3;1-3H,4H2;2*1H;/q;-1;;;+3/p-2. The van der Waals surface area contributed by atoms with Gasteiger partial charge in [0, 0.05) is 8.15 Å². The zero-order valence-electron chi connectivity index (χ0n) is 11.5. The molecule has 0 radical (unpaired) electrons. The Hall–Kier alpha value is 1.98. The van der Waals surface area contributed by atoms with Crippen LogP contribution in [0.1, 0.15) is 34.1 Å². The van der Waals surface area contributed by atoms with E-state index < -0.39 is 8.15 Å². The maximum absolute atomic E-state index is 9.45. The van der Waals surface area contributed by atoms with E-state index in [1.54, 1.807) is 0 Å². The van der Waals surface area contributed by atoms with Crippen molar-refractivity contribution in [3.63, 3.8) is 0 Å². The van der Waals surface area contributed by atoms with E-state index in [9.17, 15) is 4.89 Å². The van der Waals surface area contributed by atoms with Gasteiger partial charge in [-0.15, -0.1) is 6.42 Å². The second-order valence-corrected chi connectivity index (χ2v) is 23.9. The normalized spacial score (nSPS) is 12.8. The van der Waals surface area contributed by atoms with Gasteiger partial charge in [-0.25, -0.2) is 12.2 Å². The molecule has 1 aliphatic carbocycles. The van der Waals surface area contributed by atoms with Gasteiger partial charge in [0.2, 0.25) is 0 Å². The van der Waals surface area contributed by atoms with Crippen LogP contribution in [0.4, 0.5) is 0 Å². The molecule has 18 heavy (non-hydrogen) atoms. The Morgan fingerprint density at radius 1 is 1.22 bits per heavy atom. The van der Waals surface area contributed by atoms with Gasteiger partial charge in [0.05, 0.1) is 0 Å². The summed E-state index contributed by atoms with van der Waals surface area (Å²) < 4.78 is 0. The van der Waals surface area contributed by atoms with Gasteiger partial charge >= 0.3 is 49.7 Å². The molecule has 1 rings (SSSR count). The van der Waals surface area contributed by atoms with Gasteiger partial charge in [0.1, 0.15) is 0 Å². The van der Waals surface area contributed by atoms with Crippen molar-refractivity contribution in [3.05, 3.63) is 24.3 Å². The number of halogens is 2. The summed E-state index contributed by atoms with van der Waals surface area (Å²) in [7, 11) is -0.219. The first-order valence-electron chi connectivity index (χ1n) is 5.93. The van der Waals surface area contributed by atoms with E-state index in [0.29, 0.717) is 22.4 Å². The molecule has 0 amide bonds. The fraction of sp³-hybridized carbons (Fsp3) is 0.692. The van der Waals surface area contributed by atoms with Crippen LogP contribution >= 0.6 is 47.3 Å². The third-order valence-electron chi connectivity index (χ3n) is 1.74. The topological polar surface area (TPSA) is 20.2 Å². The molecule has 0 aromatic carbocycles. The Labute approximate surface area is 144 Å². The quantitative estimate of drug-likeness (QED) is 0.229. The number of hydrogen-bond acceptors (Lipinski definition) is 1. The predicted octanol–water partition coefficient (Wildman–Crippen LogP) is 5.76. The van der Waals surface area contributed by atoms with Crippen LogP contribution in [0.15, 0.2) is 18.2 Å². The van der Waals surface area contributed by atoms with Gasteiger partial charge in [-0.2, -0.15) is 6.08 Å². The summed E-state index contributed by atoms with van der Waals surface area (Å²) >= 11 is 4.80. The van der Waals surface area contributed by atoms with Gasteiger partial charge in [-0.05, 0) is 24.2 Å². The molecular formula is C13H24I2IrOP. The number of rotatable bonds is 4. The summed E-state index contributed by atoms with van der Waals surface area (Å²) in [4.78, 5) is 9.45. The third-order valence-corrected chi connectivity index (χ3v) is 4.04. The van der Waals surface area contributed by atoms with Gasteiger partial charge in [-0.1, -0.05) is 27.7 Å². The fourth-order valence-electron chi connectivity index (χ4n) is 1.26. The summed E-state index contributed by atoms with van der Waals surface area (Å²) in [5.74, 6) is 1.30. The Morgan fingerprint density at radius 2 is 1.67 bits per heavy atom. The number of hydrogen-bond donors (Lipinski definition) is 1. The van der Waals surface area contributed by atoms with Crippen LogP contribution < -0.4 is 0 Å². The molecule has 0 atom stereocenters. The van der Waals surface area contributed by atoms with Crippen molar-refractivity contribution in [3.8, 4) is 0 Å². The van der Waals surface area contributed by atoms with Gasteiger partial charge in [0.25, 0.3) is 0 Å². The van der Waals surface area contributed by atoms with Crippen molar-refractivity contribution < 1.29 is 15.4 Å². The Kier molecular flexibility index (Phi) is 21.1. The van der Waals surface area contributed by atoms with E-state index >= 15 is 0 Å². The van der Waals surface area contributed by atoms with Crippen LogP contribution in [0.25, 0.3) is 0 Å². The molecule has 1 nitrogen and oxygen atoms in total. The molecule has 0 aromatic rings. The summed E-state index contributed by atoms with van der Waals surface area (Å²) in [6.07, 6.45) is 12.0. The van der Waals surface area contributed by atoms with Gasteiger partial charge in [0.15, 0.2) is 0 Å². The molecule has 0 fully saturated rings. The minimum absolute atomic E-state index is 0.440. The minimum atomic E-state index is -0.659. The molecular weight excluding hydrogens is 649 g/mol. The zero-order chi connectivity index (χ0) is 14.4. The Morgan fingerprint density at radius 3 is 1.83 bits per heavy atom. The van der Waals surface area contributed by atoms with Crippen molar-refractivity contribution in [2.24, 2.45) is 11.8 Å². The van der Waals surface area contributed by atoms with Gasteiger partial charge in [-0.3, -0.25) is 6.08 Å². The van der Waals surface area contributed by atoms with E-state index in [2.05, 4.69) is 79.0 Å². The summed E-state index contributed by atoms with van der Waals surface area (Å²) in [6.45, 7) is 8.63. The Balaban J connectivity index is 0.